The fraction of sp³-hybridized carbons (Fsp3) is 0.333. The summed E-state index contributed by atoms with van der Waals surface area (Å²) in [5, 5.41) is 6.11. The topological polar surface area (TPSA) is 77.8 Å². The molecule has 0 amide bonds. The molecule has 1 aliphatic rings. The Morgan fingerprint density at radius 1 is 1.07 bits per heavy atom. The highest BCUT2D eigenvalue weighted by atomic mass is 15.2. The Morgan fingerprint density at radius 3 is 2.70 bits per heavy atom. The number of fused-ring (bicyclic) bond motifs is 1. The average Bonchev–Trinajstić information content (AvgIpc) is 2.74. The van der Waals surface area contributed by atoms with E-state index in [1.54, 1.807) is 0 Å². The van der Waals surface area contributed by atoms with E-state index in [0.717, 1.165) is 49.6 Å². The van der Waals surface area contributed by atoms with Crippen LogP contribution in [-0.2, 0) is 0 Å². The summed E-state index contributed by atoms with van der Waals surface area (Å²) in [5.74, 6) is 1.42. The molecule has 0 aliphatic carbocycles. The molecule has 0 bridgehead atoms. The van der Waals surface area contributed by atoms with Crippen molar-refractivity contribution in [3.63, 3.8) is 0 Å². The Labute approximate surface area is 158 Å². The van der Waals surface area contributed by atoms with E-state index in [4.69, 9.17) is 10.5 Å². The zero-order chi connectivity index (χ0) is 18.5. The van der Waals surface area contributed by atoms with Gasteiger partial charge in [-0.25, -0.2) is 9.97 Å². The molecule has 0 unspecified atom stereocenters. The van der Waals surface area contributed by atoms with E-state index < -0.39 is 0 Å². The van der Waals surface area contributed by atoms with E-state index in [-0.39, 0.29) is 0 Å². The summed E-state index contributed by atoms with van der Waals surface area (Å²) >= 11 is 0. The number of rotatable bonds is 5. The Balaban J connectivity index is 1.48. The minimum atomic E-state index is 0.592. The van der Waals surface area contributed by atoms with Crippen LogP contribution in [0.25, 0.3) is 32.5 Å². The number of azide groups is 1. The summed E-state index contributed by atoms with van der Waals surface area (Å²) in [7, 11) is 0. The molecule has 6 nitrogen and oxygen atoms in total. The second kappa shape index (κ2) is 8.06. The van der Waals surface area contributed by atoms with Gasteiger partial charge in [0, 0.05) is 36.3 Å². The molecule has 1 aromatic heterocycles. The van der Waals surface area contributed by atoms with E-state index in [9.17, 15) is 0 Å². The van der Waals surface area contributed by atoms with E-state index in [1.165, 1.54) is 10.8 Å². The zero-order valence-electron chi connectivity index (χ0n) is 15.2. The van der Waals surface area contributed by atoms with Gasteiger partial charge in [-0.3, -0.25) is 0 Å². The van der Waals surface area contributed by atoms with E-state index in [1.807, 2.05) is 12.3 Å². The first-order valence-corrected chi connectivity index (χ1v) is 9.41. The maximum absolute atomic E-state index is 8.40. The van der Waals surface area contributed by atoms with Crippen LogP contribution < -0.4 is 4.90 Å². The van der Waals surface area contributed by atoms with Crippen molar-refractivity contribution in [1.82, 2.24) is 9.97 Å². The maximum Gasteiger partial charge on any atom is 0.225 e. The van der Waals surface area contributed by atoms with Gasteiger partial charge >= 0.3 is 0 Å². The van der Waals surface area contributed by atoms with Gasteiger partial charge in [0.25, 0.3) is 0 Å². The highest BCUT2D eigenvalue weighted by Gasteiger charge is 2.20. The van der Waals surface area contributed by atoms with Gasteiger partial charge in [-0.1, -0.05) is 41.5 Å². The largest absolute Gasteiger partial charge is 0.341 e. The molecule has 1 aliphatic heterocycles. The van der Waals surface area contributed by atoms with Gasteiger partial charge < -0.3 is 4.90 Å². The third kappa shape index (κ3) is 4.01. The Kier molecular flexibility index (Phi) is 5.17. The van der Waals surface area contributed by atoms with Crippen molar-refractivity contribution in [2.45, 2.75) is 19.3 Å². The SMILES string of the molecule is [N-]=[N+]=NCCC1CCN(c2nccc(-c3ccc4ccccc4c3)n2)CC1. The third-order valence-electron chi connectivity index (χ3n) is 5.29. The number of hydrogen-bond acceptors (Lipinski definition) is 4. The highest BCUT2D eigenvalue weighted by Crippen LogP contribution is 2.26. The fourth-order valence-electron chi connectivity index (χ4n) is 3.72. The maximum atomic E-state index is 8.40. The molecule has 1 saturated heterocycles. The summed E-state index contributed by atoms with van der Waals surface area (Å²) < 4.78 is 0. The van der Waals surface area contributed by atoms with Gasteiger partial charge in [-0.15, -0.1) is 0 Å². The second-order valence-corrected chi connectivity index (χ2v) is 6.98. The lowest BCUT2D eigenvalue weighted by Crippen LogP contribution is -2.35. The number of hydrogen-bond donors (Lipinski definition) is 0. The first kappa shape index (κ1) is 17.3. The van der Waals surface area contributed by atoms with Crippen molar-refractivity contribution in [2.75, 3.05) is 24.5 Å². The molecule has 27 heavy (non-hydrogen) atoms. The minimum absolute atomic E-state index is 0.592. The molecule has 2 heterocycles. The first-order valence-electron chi connectivity index (χ1n) is 9.41. The molecular weight excluding hydrogens is 336 g/mol. The van der Waals surface area contributed by atoms with Crippen LogP contribution in [-0.4, -0.2) is 29.6 Å². The normalized spacial score (nSPS) is 14.9. The number of aromatic nitrogens is 2. The van der Waals surface area contributed by atoms with Crippen LogP contribution in [0, 0.1) is 5.92 Å². The molecule has 2 aromatic carbocycles. The molecule has 4 rings (SSSR count). The summed E-state index contributed by atoms with van der Waals surface area (Å²) in [6.07, 6.45) is 4.99. The molecule has 0 N–H and O–H groups in total. The lowest BCUT2D eigenvalue weighted by atomic mass is 9.94. The average molecular weight is 358 g/mol. The van der Waals surface area contributed by atoms with Gasteiger partial charge in [0.05, 0.1) is 5.69 Å². The van der Waals surface area contributed by atoms with Crippen molar-refractivity contribution in [1.29, 1.82) is 0 Å². The standard InChI is InChI=1S/C21H22N6/c22-26-24-12-7-16-9-13-27(14-10-16)21-23-11-8-20(25-21)19-6-5-17-3-1-2-4-18(17)15-19/h1-6,8,11,15-16H,7,9-10,12-14H2. The Hall–Kier alpha value is -3.11. The second-order valence-electron chi connectivity index (χ2n) is 6.98. The van der Waals surface area contributed by atoms with Crippen LogP contribution in [0.4, 0.5) is 5.95 Å². The quantitative estimate of drug-likeness (QED) is 0.357. The van der Waals surface area contributed by atoms with E-state index in [2.05, 4.69) is 62.4 Å². The van der Waals surface area contributed by atoms with Crippen molar-refractivity contribution in [2.24, 2.45) is 11.0 Å². The smallest absolute Gasteiger partial charge is 0.225 e. The van der Waals surface area contributed by atoms with E-state index >= 15 is 0 Å². The molecule has 0 saturated carbocycles. The van der Waals surface area contributed by atoms with Gasteiger partial charge in [0.15, 0.2) is 0 Å². The van der Waals surface area contributed by atoms with Crippen molar-refractivity contribution < 1.29 is 0 Å². The van der Waals surface area contributed by atoms with Crippen LogP contribution in [0.5, 0.6) is 0 Å². The zero-order valence-corrected chi connectivity index (χ0v) is 15.2. The van der Waals surface area contributed by atoms with Crippen LogP contribution in [0.2, 0.25) is 0 Å². The van der Waals surface area contributed by atoms with Crippen molar-refractivity contribution in [3.8, 4) is 11.3 Å². The van der Waals surface area contributed by atoms with Gasteiger partial charge in [0.2, 0.25) is 5.95 Å². The Bertz CT molecular complexity index is 971. The predicted octanol–water partition coefficient (Wildman–Crippen LogP) is 5.21. The minimum Gasteiger partial charge on any atom is -0.341 e. The van der Waals surface area contributed by atoms with Crippen LogP contribution in [0.15, 0.2) is 59.8 Å². The summed E-state index contributed by atoms with van der Waals surface area (Å²) in [5.41, 5.74) is 10.5. The highest BCUT2D eigenvalue weighted by molar-refractivity contribution is 5.86. The monoisotopic (exact) mass is 358 g/mol. The molecule has 0 spiro atoms. The molecular formula is C21H22N6. The predicted molar refractivity (Wildman–Crippen MR) is 109 cm³/mol. The molecule has 6 heteroatoms. The summed E-state index contributed by atoms with van der Waals surface area (Å²) in [6.45, 7) is 2.49. The molecule has 0 radical (unpaired) electrons. The number of piperidine rings is 1. The third-order valence-corrected chi connectivity index (χ3v) is 5.29. The van der Waals surface area contributed by atoms with Crippen molar-refractivity contribution in [3.05, 3.63) is 65.2 Å². The van der Waals surface area contributed by atoms with Crippen LogP contribution in [0.3, 0.4) is 0 Å². The van der Waals surface area contributed by atoms with Gasteiger partial charge in [-0.05, 0) is 53.6 Å². The van der Waals surface area contributed by atoms with Crippen LogP contribution in [0.1, 0.15) is 19.3 Å². The lowest BCUT2D eigenvalue weighted by Gasteiger charge is -2.31. The lowest BCUT2D eigenvalue weighted by molar-refractivity contribution is 0.383. The fourth-order valence-corrected chi connectivity index (χ4v) is 3.72. The number of anilines is 1. The summed E-state index contributed by atoms with van der Waals surface area (Å²) in [6, 6.07) is 16.8. The van der Waals surface area contributed by atoms with Gasteiger partial charge in [-0.2, -0.15) is 0 Å². The van der Waals surface area contributed by atoms with Gasteiger partial charge in [0.1, 0.15) is 0 Å². The number of benzene rings is 2. The first-order chi connectivity index (χ1) is 13.3. The number of nitrogens with zero attached hydrogens (tertiary/aromatic N) is 6. The molecule has 136 valence electrons. The molecule has 0 atom stereocenters. The Morgan fingerprint density at radius 2 is 1.89 bits per heavy atom. The van der Waals surface area contributed by atoms with Crippen LogP contribution >= 0.6 is 0 Å². The summed E-state index contributed by atoms with van der Waals surface area (Å²) in [4.78, 5) is 14.4. The van der Waals surface area contributed by atoms with Crippen molar-refractivity contribution >= 4 is 16.7 Å². The van der Waals surface area contributed by atoms with E-state index in [0.29, 0.717) is 12.5 Å². The molecule has 1 fully saturated rings. The molecule has 3 aromatic rings.